The van der Waals surface area contributed by atoms with Gasteiger partial charge in [0.1, 0.15) is 0 Å². The van der Waals surface area contributed by atoms with Crippen molar-refractivity contribution in [3.8, 4) is 0 Å². The van der Waals surface area contributed by atoms with E-state index in [0.29, 0.717) is 6.54 Å². The quantitative estimate of drug-likeness (QED) is 0.697. The Labute approximate surface area is 103 Å². The van der Waals surface area contributed by atoms with Gasteiger partial charge in [0.15, 0.2) is 0 Å². The minimum Gasteiger partial charge on any atom is -0.376 e. The molecule has 1 aromatic carbocycles. The number of para-hydroxylation sites is 1. The molecule has 4 heteroatoms. The van der Waals surface area contributed by atoms with Gasteiger partial charge in [0.05, 0.1) is 6.54 Å². The van der Waals surface area contributed by atoms with Crippen molar-refractivity contribution in [1.82, 2.24) is 10.2 Å². The number of nitrogens with one attached hydrogen (secondary N) is 2. The van der Waals surface area contributed by atoms with Gasteiger partial charge < -0.3 is 15.5 Å². The van der Waals surface area contributed by atoms with Gasteiger partial charge in [-0.1, -0.05) is 18.2 Å². The molecule has 0 aliphatic heterocycles. The van der Waals surface area contributed by atoms with E-state index in [9.17, 15) is 4.79 Å². The molecule has 0 saturated heterocycles. The molecule has 0 saturated carbocycles. The van der Waals surface area contributed by atoms with Gasteiger partial charge in [0.25, 0.3) is 0 Å². The Hall–Kier alpha value is -1.55. The molecule has 0 aliphatic rings. The van der Waals surface area contributed by atoms with E-state index in [-0.39, 0.29) is 5.91 Å². The van der Waals surface area contributed by atoms with Gasteiger partial charge >= 0.3 is 0 Å². The number of rotatable bonds is 7. The van der Waals surface area contributed by atoms with Gasteiger partial charge in [-0.15, -0.1) is 0 Å². The summed E-state index contributed by atoms with van der Waals surface area (Å²) >= 11 is 0. The third-order valence-electron chi connectivity index (χ3n) is 2.33. The number of hydrogen-bond acceptors (Lipinski definition) is 3. The van der Waals surface area contributed by atoms with Crippen LogP contribution in [0.3, 0.4) is 0 Å². The van der Waals surface area contributed by atoms with E-state index in [0.717, 1.165) is 25.2 Å². The van der Waals surface area contributed by atoms with Crippen molar-refractivity contribution in [3.63, 3.8) is 0 Å². The lowest BCUT2D eigenvalue weighted by Crippen LogP contribution is -2.31. The fraction of sp³-hybridized carbons (Fsp3) is 0.462. The highest BCUT2D eigenvalue weighted by molar-refractivity contribution is 5.80. The molecular weight excluding hydrogens is 214 g/mol. The van der Waals surface area contributed by atoms with Crippen LogP contribution in [-0.2, 0) is 4.79 Å². The Bertz CT molecular complexity index is 325. The molecule has 94 valence electrons. The van der Waals surface area contributed by atoms with Crippen LogP contribution >= 0.6 is 0 Å². The lowest BCUT2D eigenvalue weighted by molar-refractivity contribution is -0.119. The first-order valence-corrected chi connectivity index (χ1v) is 5.89. The largest absolute Gasteiger partial charge is 0.376 e. The monoisotopic (exact) mass is 235 g/mol. The number of nitrogens with zero attached hydrogens (tertiary/aromatic N) is 1. The first-order valence-electron chi connectivity index (χ1n) is 5.89. The number of anilines is 1. The van der Waals surface area contributed by atoms with Crippen LogP contribution in [0, 0.1) is 0 Å². The van der Waals surface area contributed by atoms with Crippen LogP contribution in [0.2, 0.25) is 0 Å². The highest BCUT2D eigenvalue weighted by atomic mass is 16.1. The summed E-state index contributed by atoms with van der Waals surface area (Å²) in [7, 11) is 4.05. The maximum atomic E-state index is 11.5. The molecule has 0 unspecified atom stereocenters. The Balaban J connectivity index is 2.09. The maximum absolute atomic E-state index is 11.5. The highest BCUT2D eigenvalue weighted by Gasteiger charge is 1.99. The van der Waals surface area contributed by atoms with Crippen molar-refractivity contribution >= 4 is 11.6 Å². The molecule has 4 nitrogen and oxygen atoms in total. The topological polar surface area (TPSA) is 44.4 Å². The number of benzene rings is 1. The zero-order valence-electron chi connectivity index (χ0n) is 10.6. The highest BCUT2D eigenvalue weighted by Crippen LogP contribution is 2.03. The number of carbonyl (C=O) groups excluding carboxylic acids is 1. The van der Waals surface area contributed by atoms with Crippen molar-refractivity contribution in [2.24, 2.45) is 0 Å². The third kappa shape index (κ3) is 6.58. The minimum absolute atomic E-state index is 0.0348. The van der Waals surface area contributed by atoms with Gasteiger partial charge in [-0.05, 0) is 39.2 Å². The SMILES string of the molecule is CN(C)CCCNC(=O)CNc1ccccc1. The standard InChI is InChI=1S/C13H21N3O/c1-16(2)10-6-9-14-13(17)11-15-12-7-4-3-5-8-12/h3-5,7-8,15H,6,9-11H2,1-2H3,(H,14,17). The second-order valence-electron chi connectivity index (χ2n) is 4.23. The fourth-order valence-electron chi connectivity index (χ4n) is 1.42. The predicted molar refractivity (Wildman–Crippen MR) is 71.1 cm³/mol. The average molecular weight is 235 g/mol. The van der Waals surface area contributed by atoms with Gasteiger partial charge in [-0.2, -0.15) is 0 Å². The smallest absolute Gasteiger partial charge is 0.239 e. The molecule has 0 atom stereocenters. The molecule has 1 aromatic rings. The molecule has 0 fully saturated rings. The summed E-state index contributed by atoms with van der Waals surface area (Å²) in [5.74, 6) is 0.0348. The van der Waals surface area contributed by atoms with Crippen LogP contribution in [0.15, 0.2) is 30.3 Å². The number of hydrogen-bond donors (Lipinski definition) is 2. The van der Waals surface area contributed by atoms with Crippen LogP contribution in [0.5, 0.6) is 0 Å². The summed E-state index contributed by atoms with van der Waals surface area (Å²) in [6, 6.07) is 9.72. The fourth-order valence-corrected chi connectivity index (χ4v) is 1.42. The van der Waals surface area contributed by atoms with E-state index >= 15 is 0 Å². The van der Waals surface area contributed by atoms with Crippen molar-refractivity contribution in [3.05, 3.63) is 30.3 Å². The molecule has 0 aromatic heterocycles. The van der Waals surface area contributed by atoms with E-state index in [2.05, 4.69) is 15.5 Å². The van der Waals surface area contributed by atoms with Gasteiger partial charge in [0.2, 0.25) is 5.91 Å². The summed E-state index contributed by atoms with van der Waals surface area (Å²) in [6.07, 6.45) is 0.976. The molecule has 0 spiro atoms. The minimum atomic E-state index is 0.0348. The van der Waals surface area contributed by atoms with Crippen molar-refractivity contribution in [2.75, 3.05) is 39.0 Å². The summed E-state index contributed by atoms with van der Waals surface area (Å²) in [5, 5.41) is 5.95. The van der Waals surface area contributed by atoms with E-state index in [1.165, 1.54) is 0 Å². The molecule has 0 heterocycles. The Kier molecular flexibility index (Phi) is 6.10. The molecule has 2 N–H and O–H groups in total. The molecule has 1 amide bonds. The van der Waals surface area contributed by atoms with Crippen LogP contribution in [0.1, 0.15) is 6.42 Å². The van der Waals surface area contributed by atoms with Gasteiger partial charge in [-0.3, -0.25) is 4.79 Å². The van der Waals surface area contributed by atoms with E-state index in [4.69, 9.17) is 0 Å². The Morgan fingerprint density at radius 2 is 1.94 bits per heavy atom. The zero-order chi connectivity index (χ0) is 12.5. The average Bonchev–Trinajstić information content (AvgIpc) is 2.33. The van der Waals surface area contributed by atoms with Crippen LogP contribution in [-0.4, -0.2) is 44.5 Å². The van der Waals surface area contributed by atoms with Crippen molar-refractivity contribution in [1.29, 1.82) is 0 Å². The van der Waals surface area contributed by atoms with Crippen LogP contribution in [0.4, 0.5) is 5.69 Å². The second kappa shape index (κ2) is 7.68. The van der Waals surface area contributed by atoms with Crippen LogP contribution < -0.4 is 10.6 Å². The first kappa shape index (κ1) is 13.5. The summed E-state index contributed by atoms with van der Waals surface area (Å²) in [6.45, 7) is 2.05. The molecule has 0 bridgehead atoms. The molecule has 1 rings (SSSR count). The second-order valence-corrected chi connectivity index (χ2v) is 4.23. The van der Waals surface area contributed by atoms with Crippen molar-refractivity contribution in [2.45, 2.75) is 6.42 Å². The normalized spacial score (nSPS) is 10.3. The van der Waals surface area contributed by atoms with E-state index in [1.807, 2.05) is 44.4 Å². The Morgan fingerprint density at radius 3 is 2.59 bits per heavy atom. The van der Waals surface area contributed by atoms with Gasteiger partial charge in [-0.25, -0.2) is 0 Å². The summed E-state index contributed by atoms with van der Waals surface area (Å²) < 4.78 is 0. The van der Waals surface area contributed by atoms with Gasteiger partial charge in [0, 0.05) is 12.2 Å². The first-order chi connectivity index (χ1) is 8.18. The van der Waals surface area contributed by atoms with Crippen LogP contribution in [0.25, 0.3) is 0 Å². The summed E-state index contributed by atoms with van der Waals surface area (Å²) in [5.41, 5.74) is 0.968. The molecular formula is C13H21N3O. The Morgan fingerprint density at radius 1 is 1.24 bits per heavy atom. The molecule has 0 radical (unpaired) electrons. The lowest BCUT2D eigenvalue weighted by atomic mass is 10.3. The number of carbonyl (C=O) groups is 1. The number of amides is 1. The van der Waals surface area contributed by atoms with E-state index in [1.54, 1.807) is 0 Å². The molecule has 17 heavy (non-hydrogen) atoms. The third-order valence-corrected chi connectivity index (χ3v) is 2.33. The predicted octanol–water partition coefficient (Wildman–Crippen LogP) is 1.17. The zero-order valence-corrected chi connectivity index (χ0v) is 10.6. The maximum Gasteiger partial charge on any atom is 0.239 e. The van der Waals surface area contributed by atoms with Crippen molar-refractivity contribution < 1.29 is 4.79 Å². The molecule has 0 aliphatic carbocycles. The summed E-state index contributed by atoms with van der Waals surface area (Å²) in [4.78, 5) is 13.6. The lowest BCUT2D eigenvalue weighted by Gasteiger charge is -2.10. The van der Waals surface area contributed by atoms with E-state index < -0.39 is 0 Å².